The van der Waals surface area contributed by atoms with Crippen LogP contribution in [-0.2, 0) is 13.1 Å². The number of pyridine rings is 1. The molecule has 8 heteroatoms. The second kappa shape index (κ2) is 8.21. The van der Waals surface area contributed by atoms with Gasteiger partial charge >= 0.3 is 5.69 Å². The lowest BCUT2D eigenvalue weighted by atomic mass is 10.1. The number of likely N-dealkylation sites (tertiary alicyclic amines) is 1. The molecule has 0 spiro atoms. The lowest BCUT2D eigenvalue weighted by Gasteiger charge is -2.26. The van der Waals surface area contributed by atoms with Crippen molar-refractivity contribution in [3.63, 3.8) is 0 Å². The number of fused-ring (bicyclic) bond motifs is 3. The van der Waals surface area contributed by atoms with Crippen LogP contribution in [0, 0.1) is 0 Å². The number of hydrogen-bond acceptors (Lipinski definition) is 5. The van der Waals surface area contributed by atoms with E-state index in [2.05, 4.69) is 9.58 Å². The highest BCUT2D eigenvalue weighted by atomic mass is 16.2. The van der Waals surface area contributed by atoms with Gasteiger partial charge in [0, 0.05) is 25.0 Å². The van der Waals surface area contributed by atoms with E-state index in [4.69, 9.17) is 5.10 Å². The van der Waals surface area contributed by atoms with Crippen LogP contribution in [0.3, 0.4) is 0 Å². The minimum Gasteiger partial charge on any atom is -0.308 e. The molecule has 5 aromatic rings. The smallest absolute Gasteiger partial charge is 0.308 e. The number of likely N-dealkylation sites (N-methyl/N-ethyl adjacent to an activating group) is 1. The Morgan fingerprint density at radius 2 is 1.68 bits per heavy atom. The predicted octanol–water partition coefficient (Wildman–Crippen LogP) is 2.60. The van der Waals surface area contributed by atoms with Crippen molar-refractivity contribution in [2.75, 3.05) is 40.3 Å². The summed E-state index contributed by atoms with van der Waals surface area (Å²) >= 11 is 0. The SMILES string of the molecule is CN(C)CCn1c(=O)c2ccc3c4c(nn3CCN3CCCCC3)c3ccccc3n(c1=O)c24. The van der Waals surface area contributed by atoms with Gasteiger partial charge in [-0.3, -0.25) is 18.4 Å². The Balaban J connectivity index is 1.62. The van der Waals surface area contributed by atoms with Crippen molar-refractivity contribution >= 4 is 38.2 Å². The number of nitrogens with zero attached hydrogens (tertiary/aromatic N) is 6. The molecule has 0 atom stereocenters. The van der Waals surface area contributed by atoms with Gasteiger partial charge in [0.15, 0.2) is 0 Å². The third-order valence-electron chi connectivity index (χ3n) is 7.26. The number of aromatic nitrogens is 4. The molecule has 0 saturated carbocycles. The van der Waals surface area contributed by atoms with Crippen molar-refractivity contribution in [2.24, 2.45) is 0 Å². The van der Waals surface area contributed by atoms with E-state index in [1.54, 1.807) is 4.40 Å². The van der Waals surface area contributed by atoms with Gasteiger partial charge in [0.25, 0.3) is 5.56 Å². The van der Waals surface area contributed by atoms with Crippen LogP contribution in [0.4, 0.5) is 0 Å². The standard InChI is InChI=1S/C26H30N6O2/c1-28(2)14-16-30-25(33)19-10-11-21-22-23(27-31(21)17-15-29-12-6-3-7-13-29)18-8-4-5-9-20(18)32(24(19)22)26(30)34/h4-5,8-11H,3,6-7,12-17H2,1-2H3. The van der Waals surface area contributed by atoms with E-state index in [0.717, 1.165) is 53.5 Å². The maximum absolute atomic E-state index is 13.7. The summed E-state index contributed by atoms with van der Waals surface area (Å²) in [4.78, 5) is 31.6. The van der Waals surface area contributed by atoms with E-state index in [9.17, 15) is 9.59 Å². The summed E-state index contributed by atoms with van der Waals surface area (Å²) in [7, 11) is 3.88. The molecule has 4 heterocycles. The first kappa shape index (κ1) is 21.3. The van der Waals surface area contributed by atoms with Gasteiger partial charge in [0.05, 0.1) is 33.9 Å². The average Bonchev–Trinajstić information content (AvgIpc) is 3.23. The molecule has 0 N–H and O–H groups in total. The van der Waals surface area contributed by atoms with Crippen molar-refractivity contribution in [3.8, 4) is 0 Å². The monoisotopic (exact) mass is 458 g/mol. The second-order valence-electron chi connectivity index (χ2n) is 9.73. The molecule has 1 aliphatic rings. The van der Waals surface area contributed by atoms with Gasteiger partial charge in [-0.25, -0.2) is 4.79 Å². The van der Waals surface area contributed by atoms with E-state index in [1.165, 1.54) is 23.8 Å². The Labute approximate surface area is 196 Å². The summed E-state index contributed by atoms with van der Waals surface area (Å²) < 4.78 is 5.16. The average molecular weight is 459 g/mol. The lowest BCUT2D eigenvalue weighted by molar-refractivity contribution is 0.219. The van der Waals surface area contributed by atoms with E-state index >= 15 is 0 Å². The van der Waals surface area contributed by atoms with Crippen LogP contribution in [0.25, 0.3) is 38.2 Å². The fraction of sp³-hybridized carbons (Fsp3) is 0.423. The highest BCUT2D eigenvalue weighted by Gasteiger charge is 2.23. The van der Waals surface area contributed by atoms with E-state index in [0.29, 0.717) is 24.0 Å². The van der Waals surface area contributed by atoms with E-state index in [1.807, 2.05) is 55.4 Å². The molecule has 3 aromatic heterocycles. The van der Waals surface area contributed by atoms with Crippen molar-refractivity contribution in [1.29, 1.82) is 0 Å². The number of piperidine rings is 1. The molecule has 2 aromatic carbocycles. The molecule has 0 radical (unpaired) electrons. The molecule has 8 nitrogen and oxygen atoms in total. The van der Waals surface area contributed by atoms with Crippen LogP contribution in [0.2, 0.25) is 0 Å². The molecular weight excluding hydrogens is 428 g/mol. The van der Waals surface area contributed by atoms with Crippen molar-refractivity contribution in [1.82, 2.24) is 28.5 Å². The number of hydrogen-bond donors (Lipinski definition) is 0. The summed E-state index contributed by atoms with van der Waals surface area (Å²) in [6.07, 6.45) is 3.84. The maximum atomic E-state index is 13.7. The van der Waals surface area contributed by atoms with Crippen LogP contribution in [0.1, 0.15) is 19.3 Å². The first-order valence-corrected chi connectivity index (χ1v) is 12.2. The van der Waals surface area contributed by atoms with Crippen LogP contribution in [-0.4, -0.2) is 68.8 Å². The van der Waals surface area contributed by atoms with Gasteiger partial charge in [-0.15, -0.1) is 0 Å². The molecule has 0 unspecified atom stereocenters. The minimum absolute atomic E-state index is 0.230. The first-order chi connectivity index (χ1) is 16.5. The fourth-order valence-corrected chi connectivity index (χ4v) is 5.47. The normalized spacial score (nSPS) is 15.6. The van der Waals surface area contributed by atoms with Crippen LogP contribution in [0.5, 0.6) is 0 Å². The number of benzene rings is 2. The van der Waals surface area contributed by atoms with E-state index < -0.39 is 0 Å². The zero-order valence-corrected chi connectivity index (χ0v) is 19.8. The van der Waals surface area contributed by atoms with Gasteiger partial charge in [0.2, 0.25) is 0 Å². The molecular formula is C26H30N6O2. The second-order valence-corrected chi connectivity index (χ2v) is 9.73. The molecule has 176 valence electrons. The Kier molecular flexibility index (Phi) is 5.15. The summed E-state index contributed by atoms with van der Waals surface area (Å²) in [5.74, 6) is 0. The zero-order valence-electron chi connectivity index (χ0n) is 19.8. The molecule has 1 aliphatic heterocycles. The number of para-hydroxylation sites is 1. The highest BCUT2D eigenvalue weighted by molar-refractivity contribution is 6.21. The van der Waals surface area contributed by atoms with Crippen molar-refractivity contribution < 1.29 is 0 Å². The highest BCUT2D eigenvalue weighted by Crippen LogP contribution is 2.34. The van der Waals surface area contributed by atoms with Crippen LogP contribution >= 0.6 is 0 Å². The van der Waals surface area contributed by atoms with Crippen molar-refractivity contribution in [2.45, 2.75) is 32.4 Å². The fourth-order valence-electron chi connectivity index (χ4n) is 5.47. The van der Waals surface area contributed by atoms with Gasteiger partial charge in [0.1, 0.15) is 5.52 Å². The van der Waals surface area contributed by atoms with Crippen molar-refractivity contribution in [3.05, 3.63) is 57.2 Å². The largest absolute Gasteiger partial charge is 0.336 e. The van der Waals surface area contributed by atoms with Gasteiger partial charge < -0.3 is 9.80 Å². The summed E-state index contributed by atoms with van der Waals surface area (Å²) in [6, 6.07) is 11.8. The maximum Gasteiger partial charge on any atom is 0.336 e. The third kappa shape index (κ3) is 3.24. The van der Waals surface area contributed by atoms with Gasteiger partial charge in [-0.1, -0.05) is 24.6 Å². The first-order valence-electron chi connectivity index (χ1n) is 12.2. The van der Waals surface area contributed by atoms with Crippen LogP contribution < -0.4 is 11.2 Å². The number of rotatable bonds is 6. The molecule has 0 bridgehead atoms. The summed E-state index contributed by atoms with van der Waals surface area (Å²) in [5.41, 5.74) is 2.80. The summed E-state index contributed by atoms with van der Waals surface area (Å²) in [5, 5.41) is 7.44. The Hall–Kier alpha value is -3.23. The predicted molar refractivity (Wildman–Crippen MR) is 136 cm³/mol. The molecule has 0 amide bonds. The quantitative estimate of drug-likeness (QED) is 0.289. The zero-order chi connectivity index (χ0) is 23.4. The molecule has 1 fully saturated rings. The minimum atomic E-state index is -0.286. The van der Waals surface area contributed by atoms with Crippen LogP contribution in [0.15, 0.2) is 46.0 Å². The molecule has 6 rings (SSSR count). The Morgan fingerprint density at radius 1 is 0.882 bits per heavy atom. The Bertz CT molecular complexity index is 1620. The topological polar surface area (TPSA) is 67.8 Å². The Morgan fingerprint density at radius 3 is 2.47 bits per heavy atom. The third-order valence-corrected chi connectivity index (χ3v) is 7.26. The lowest BCUT2D eigenvalue weighted by Crippen LogP contribution is -2.40. The van der Waals surface area contributed by atoms with Gasteiger partial charge in [-0.05, 0) is 58.2 Å². The van der Waals surface area contributed by atoms with E-state index in [-0.39, 0.29) is 11.2 Å². The summed E-state index contributed by atoms with van der Waals surface area (Å²) in [6.45, 7) is 4.99. The molecule has 1 saturated heterocycles. The molecule has 34 heavy (non-hydrogen) atoms. The molecule has 0 aliphatic carbocycles. The van der Waals surface area contributed by atoms with Gasteiger partial charge in [-0.2, -0.15) is 5.10 Å².